The Morgan fingerprint density at radius 1 is 1.38 bits per heavy atom. The summed E-state index contributed by atoms with van der Waals surface area (Å²) in [5.74, 6) is -0.297. The lowest BCUT2D eigenvalue weighted by Gasteiger charge is -2.20. The van der Waals surface area contributed by atoms with Gasteiger partial charge in [0.2, 0.25) is 0 Å². The van der Waals surface area contributed by atoms with Crippen LogP contribution in [0.1, 0.15) is 27.2 Å². The highest BCUT2D eigenvalue weighted by molar-refractivity contribution is 5.87. The summed E-state index contributed by atoms with van der Waals surface area (Å²) in [6, 6.07) is 0. The summed E-state index contributed by atoms with van der Waals surface area (Å²) in [4.78, 5) is 13.3. The minimum atomic E-state index is -1.32. The number of carbonyl (C=O) groups excluding carboxylic acids is 1. The standard InChI is InChI=1S/C10H20FNO/c1-10(2,3)9(13)8(11)6-7-12(4)5/h8H,6-7H2,1-5H3/t8-/m0/s1. The number of Topliss-reactive ketones (excluding diaryl/α,β-unsaturated/α-hetero) is 1. The van der Waals surface area contributed by atoms with Crippen LogP contribution in [-0.2, 0) is 4.79 Å². The second kappa shape index (κ2) is 4.70. The Bertz CT molecular complexity index is 172. The molecule has 0 aliphatic heterocycles. The zero-order valence-corrected chi connectivity index (χ0v) is 9.22. The SMILES string of the molecule is CN(C)CC[C@H](F)C(=O)C(C)(C)C. The van der Waals surface area contributed by atoms with Gasteiger partial charge < -0.3 is 4.90 Å². The fourth-order valence-electron chi connectivity index (χ4n) is 0.972. The molecule has 0 aliphatic rings. The van der Waals surface area contributed by atoms with E-state index in [9.17, 15) is 9.18 Å². The number of halogens is 1. The first-order valence-corrected chi connectivity index (χ1v) is 4.58. The minimum absolute atomic E-state index is 0.295. The summed E-state index contributed by atoms with van der Waals surface area (Å²) >= 11 is 0. The Morgan fingerprint density at radius 3 is 2.15 bits per heavy atom. The van der Waals surface area contributed by atoms with E-state index < -0.39 is 11.6 Å². The van der Waals surface area contributed by atoms with Crippen molar-refractivity contribution >= 4 is 5.78 Å². The zero-order chi connectivity index (χ0) is 10.6. The Balaban J connectivity index is 3.98. The lowest BCUT2D eigenvalue weighted by atomic mass is 9.87. The maximum Gasteiger partial charge on any atom is 0.172 e. The molecule has 0 aromatic heterocycles. The number of rotatable bonds is 4. The Morgan fingerprint density at radius 2 is 1.85 bits per heavy atom. The summed E-state index contributed by atoms with van der Waals surface area (Å²) < 4.78 is 13.3. The molecule has 0 aromatic carbocycles. The van der Waals surface area contributed by atoms with Crippen LogP contribution >= 0.6 is 0 Å². The van der Waals surface area contributed by atoms with Crippen LogP contribution < -0.4 is 0 Å². The highest BCUT2D eigenvalue weighted by Crippen LogP contribution is 2.19. The van der Waals surface area contributed by atoms with Crippen LogP contribution in [0.4, 0.5) is 4.39 Å². The molecule has 3 heteroatoms. The van der Waals surface area contributed by atoms with Gasteiger partial charge in [-0.15, -0.1) is 0 Å². The third-order valence-electron chi connectivity index (χ3n) is 1.85. The molecule has 2 nitrogen and oxygen atoms in total. The van der Waals surface area contributed by atoms with Crippen molar-refractivity contribution in [3.63, 3.8) is 0 Å². The average molecular weight is 189 g/mol. The van der Waals surface area contributed by atoms with E-state index in [1.807, 2.05) is 19.0 Å². The topological polar surface area (TPSA) is 20.3 Å². The van der Waals surface area contributed by atoms with Crippen LogP contribution in [0.15, 0.2) is 0 Å². The zero-order valence-electron chi connectivity index (χ0n) is 9.22. The van der Waals surface area contributed by atoms with E-state index >= 15 is 0 Å². The van der Waals surface area contributed by atoms with E-state index in [1.54, 1.807) is 20.8 Å². The molecule has 1 atom stereocenters. The van der Waals surface area contributed by atoms with Gasteiger partial charge in [-0.05, 0) is 20.5 Å². The van der Waals surface area contributed by atoms with Crippen molar-refractivity contribution in [3.05, 3.63) is 0 Å². The van der Waals surface area contributed by atoms with Gasteiger partial charge in [0.1, 0.15) is 0 Å². The Hall–Kier alpha value is -0.440. The van der Waals surface area contributed by atoms with Gasteiger partial charge in [0.25, 0.3) is 0 Å². The predicted octanol–water partition coefficient (Wildman–Crippen LogP) is 1.89. The molecule has 0 amide bonds. The minimum Gasteiger partial charge on any atom is -0.309 e. The molecule has 0 aromatic rings. The number of hydrogen-bond donors (Lipinski definition) is 0. The molecule has 0 fully saturated rings. The smallest absolute Gasteiger partial charge is 0.172 e. The lowest BCUT2D eigenvalue weighted by molar-refractivity contribution is -0.131. The molecular weight excluding hydrogens is 169 g/mol. The summed E-state index contributed by atoms with van der Waals surface area (Å²) in [6.45, 7) is 5.86. The van der Waals surface area contributed by atoms with Gasteiger partial charge in [-0.3, -0.25) is 4.79 Å². The molecule has 0 unspecified atom stereocenters. The van der Waals surface area contributed by atoms with E-state index in [0.717, 1.165) is 0 Å². The average Bonchev–Trinajstić information content (AvgIpc) is 1.96. The molecule has 0 bridgehead atoms. The van der Waals surface area contributed by atoms with Crippen molar-refractivity contribution < 1.29 is 9.18 Å². The van der Waals surface area contributed by atoms with Crippen LogP contribution in [-0.4, -0.2) is 37.5 Å². The van der Waals surface area contributed by atoms with E-state index in [4.69, 9.17) is 0 Å². The van der Waals surface area contributed by atoms with Crippen molar-refractivity contribution in [2.75, 3.05) is 20.6 Å². The van der Waals surface area contributed by atoms with Gasteiger partial charge in [0.05, 0.1) is 0 Å². The molecule has 0 N–H and O–H groups in total. The summed E-state index contributed by atoms with van der Waals surface area (Å²) in [5, 5.41) is 0. The fourth-order valence-corrected chi connectivity index (χ4v) is 0.972. The quantitative estimate of drug-likeness (QED) is 0.673. The molecular formula is C10H20FNO. The van der Waals surface area contributed by atoms with E-state index in [1.165, 1.54) is 0 Å². The Kier molecular flexibility index (Phi) is 4.54. The summed E-state index contributed by atoms with van der Waals surface area (Å²) in [7, 11) is 3.74. The second-order valence-corrected chi connectivity index (χ2v) is 4.67. The van der Waals surface area contributed by atoms with Crippen LogP contribution in [0.25, 0.3) is 0 Å². The Labute approximate surface area is 80.1 Å². The molecule has 0 aliphatic carbocycles. The maximum atomic E-state index is 13.3. The van der Waals surface area contributed by atoms with Crippen LogP contribution in [0.2, 0.25) is 0 Å². The summed E-state index contributed by atoms with van der Waals surface area (Å²) in [5.41, 5.74) is -0.564. The molecule has 78 valence electrons. The monoisotopic (exact) mass is 189 g/mol. The van der Waals surface area contributed by atoms with Gasteiger partial charge in [-0.2, -0.15) is 0 Å². The highest BCUT2D eigenvalue weighted by Gasteiger charge is 2.29. The second-order valence-electron chi connectivity index (χ2n) is 4.67. The van der Waals surface area contributed by atoms with Crippen molar-refractivity contribution in [1.82, 2.24) is 4.90 Å². The van der Waals surface area contributed by atoms with Crippen LogP contribution in [0.3, 0.4) is 0 Å². The number of alkyl halides is 1. The lowest BCUT2D eigenvalue weighted by Crippen LogP contribution is -2.31. The summed E-state index contributed by atoms with van der Waals surface area (Å²) in [6.07, 6.45) is -1.02. The third-order valence-corrected chi connectivity index (χ3v) is 1.85. The molecule has 0 saturated heterocycles. The first-order chi connectivity index (χ1) is 5.75. The maximum absolute atomic E-state index is 13.3. The van der Waals surface area contributed by atoms with Gasteiger partial charge in [0.15, 0.2) is 12.0 Å². The predicted molar refractivity (Wildman–Crippen MR) is 52.5 cm³/mol. The van der Waals surface area contributed by atoms with Crippen molar-refractivity contribution in [1.29, 1.82) is 0 Å². The molecule has 0 saturated carbocycles. The van der Waals surface area contributed by atoms with E-state index in [0.29, 0.717) is 13.0 Å². The van der Waals surface area contributed by atoms with Crippen LogP contribution in [0.5, 0.6) is 0 Å². The number of nitrogens with zero attached hydrogens (tertiary/aromatic N) is 1. The fraction of sp³-hybridized carbons (Fsp3) is 0.900. The third kappa shape index (κ3) is 4.98. The normalized spacial score (nSPS) is 14.7. The van der Waals surface area contributed by atoms with Gasteiger partial charge in [0, 0.05) is 12.0 Å². The van der Waals surface area contributed by atoms with Gasteiger partial charge in [-0.25, -0.2) is 4.39 Å². The number of carbonyl (C=O) groups is 1. The van der Waals surface area contributed by atoms with Gasteiger partial charge >= 0.3 is 0 Å². The largest absolute Gasteiger partial charge is 0.309 e. The molecule has 0 heterocycles. The number of hydrogen-bond acceptors (Lipinski definition) is 2. The van der Waals surface area contributed by atoms with E-state index in [-0.39, 0.29) is 5.78 Å². The first-order valence-electron chi connectivity index (χ1n) is 4.58. The molecule has 0 rings (SSSR count). The highest BCUT2D eigenvalue weighted by atomic mass is 19.1. The molecule has 0 spiro atoms. The van der Waals surface area contributed by atoms with Crippen LogP contribution in [0, 0.1) is 5.41 Å². The van der Waals surface area contributed by atoms with Crippen molar-refractivity contribution in [2.24, 2.45) is 5.41 Å². The molecule has 0 radical (unpaired) electrons. The van der Waals surface area contributed by atoms with Gasteiger partial charge in [-0.1, -0.05) is 20.8 Å². The molecule has 13 heavy (non-hydrogen) atoms. The van der Waals surface area contributed by atoms with Crippen molar-refractivity contribution in [3.8, 4) is 0 Å². The number of ketones is 1. The first kappa shape index (κ1) is 12.6. The van der Waals surface area contributed by atoms with E-state index in [2.05, 4.69) is 0 Å². The van der Waals surface area contributed by atoms with Crippen molar-refractivity contribution in [2.45, 2.75) is 33.4 Å².